The van der Waals surface area contributed by atoms with Crippen LogP contribution < -0.4 is 5.32 Å². The maximum absolute atomic E-state index is 10.9. The molecule has 2 aromatic rings. The molecule has 1 saturated carbocycles. The van der Waals surface area contributed by atoms with Gasteiger partial charge in [0, 0.05) is 6.04 Å². The molecule has 0 radical (unpaired) electrons. The van der Waals surface area contributed by atoms with Gasteiger partial charge in [-0.3, -0.25) is 4.79 Å². The first-order chi connectivity index (χ1) is 9.86. The van der Waals surface area contributed by atoms with Crippen LogP contribution in [-0.2, 0) is 0 Å². The van der Waals surface area contributed by atoms with Crippen LogP contribution in [-0.4, -0.2) is 22.3 Å². The molecule has 20 heavy (non-hydrogen) atoms. The van der Waals surface area contributed by atoms with Crippen LogP contribution in [0.3, 0.4) is 0 Å². The lowest BCUT2D eigenvalue weighted by atomic mass is 9.97. The van der Waals surface area contributed by atoms with Crippen molar-refractivity contribution < 1.29 is 4.79 Å². The van der Waals surface area contributed by atoms with E-state index < -0.39 is 0 Å². The van der Waals surface area contributed by atoms with Crippen molar-refractivity contribution in [3.63, 3.8) is 0 Å². The Morgan fingerprint density at radius 2 is 1.90 bits per heavy atom. The third kappa shape index (κ3) is 2.98. The standard InChI is InChI=1S/C15H19N3OS/c19-9-12-8-13-14(16-10-17-15(13)20-12)18-11-6-4-2-1-3-5-7-11/h8-11H,1-7H2,(H,16,17,18). The third-order valence-electron chi connectivity index (χ3n) is 3.91. The summed E-state index contributed by atoms with van der Waals surface area (Å²) in [5.74, 6) is 0.880. The zero-order valence-corrected chi connectivity index (χ0v) is 12.3. The second-order valence-electron chi connectivity index (χ2n) is 5.39. The van der Waals surface area contributed by atoms with E-state index in [4.69, 9.17) is 0 Å². The zero-order chi connectivity index (χ0) is 13.8. The SMILES string of the molecule is O=Cc1cc2c(NC3CCCCCCC3)ncnc2s1. The van der Waals surface area contributed by atoms with Crippen molar-refractivity contribution in [1.82, 2.24) is 9.97 Å². The lowest BCUT2D eigenvalue weighted by molar-refractivity contribution is 0.112. The van der Waals surface area contributed by atoms with E-state index in [0.29, 0.717) is 10.9 Å². The van der Waals surface area contributed by atoms with Gasteiger partial charge in [0.05, 0.1) is 10.3 Å². The molecule has 0 unspecified atom stereocenters. The van der Waals surface area contributed by atoms with Crippen molar-refractivity contribution in [2.24, 2.45) is 0 Å². The van der Waals surface area contributed by atoms with Crippen LogP contribution in [0.15, 0.2) is 12.4 Å². The molecule has 1 N–H and O–H groups in total. The summed E-state index contributed by atoms with van der Waals surface area (Å²) >= 11 is 1.42. The summed E-state index contributed by atoms with van der Waals surface area (Å²) in [5, 5.41) is 4.54. The number of hydrogen-bond donors (Lipinski definition) is 1. The Morgan fingerprint density at radius 3 is 2.65 bits per heavy atom. The topological polar surface area (TPSA) is 54.9 Å². The molecule has 4 nitrogen and oxygen atoms in total. The lowest BCUT2D eigenvalue weighted by Gasteiger charge is -2.21. The predicted molar refractivity (Wildman–Crippen MR) is 82.5 cm³/mol. The first kappa shape index (κ1) is 13.5. The Labute approximate surface area is 122 Å². The van der Waals surface area contributed by atoms with Gasteiger partial charge in [-0.1, -0.05) is 32.1 Å². The summed E-state index contributed by atoms with van der Waals surface area (Å²) in [6.45, 7) is 0. The Bertz CT molecular complexity index is 588. The van der Waals surface area contributed by atoms with Crippen molar-refractivity contribution >= 4 is 33.7 Å². The number of nitrogens with one attached hydrogen (secondary N) is 1. The van der Waals surface area contributed by atoms with Gasteiger partial charge < -0.3 is 5.32 Å². The van der Waals surface area contributed by atoms with Crippen molar-refractivity contribution in [2.75, 3.05) is 5.32 Å². The van der Waals surface area contributed by atoms with Gasteiger partial charge in [0.1, 0.15) is 17.0 Å². The van der Waals surface area contributed by atoms with Gasteiger partial charge in [0.15, 0.2) is 6.29 Å². The van der Waals surface area contributed by atoms with Crippen LogP contribution in [0.4, 0.5) is 5.82 Å². The van der Waals surface area contributed by atoms with E-state index in [1.165, 1.54) is 56.3 Å². The first-order valence-electron chi connectivity index (χ1n) is 7.33. The fourth-order valence-corrected chi connectivity index (χ4v) is 3.65. The van der Waals surface area contributed by atoms with Crippen LogP contribution in [0.5, 0.6) is 0 Å². The second kappa shape index (κ2) is 6.31. The zero-order valence-electron chi connectivity index (χ0n) is 11.5. The average molecular weight is 289 g/mol. The number of fused-ring (bicyclic) bond motifs is 1. The number of rotatable bonds is 3. The minimum Gasteiger partial charge on any atom is -0.367 e. The highest BCUT2D eigenvalue weighted by Gasteiger charge is 2.14. The molecule has 0 aliphatic heterocycles. The number of aromatic nitrogens is 2. The molecule has 5 heteroatoms. The summed E-state index contributed by atoms with van der Waals surface area (Å²) in [4.78, 5) is 21.1. The number of hydrogen-bond acceptors (Lipinski definition) is 5. The van der Waals surface area contributed by atoms with Crippen LogP contribution in [0, 0.1) is 0 Å². The second-order valence-corrected chi connectivity index (χ2v) is 6.46. The van der Waals surface area contributed by atoms with Crippen molar-refractivity contribution in [2.45, 2.75) is 51.0 Å². The van der Waals surface area contributed by atoms with Crippen LogP contribution >= 0.6 is 11.3 Å². The Hall–Kier alpha value is -1.49. The average Bonchev–Trinajstić information content (AvgIpc) is 2.85. The molecule has 106 valence electrons. The van der Waals surface area contributed by atoms with Gasteiger partial charge in [-0.25, -0.2) is 9.97 Å². The van der Waals surface area contributed by atoms with E-state index in [0.717, 1.165) is 22.3 Å². The van der Waals surface area contributed by atoms with E-state index in [1.807, 2.05) is 6.07 Å². The number of carbonyl (C=O) groups is 1. The van der Waals surface area contributed by atoms with Gasteiger partial charge in [0.25, 0.3) is 0 Å². The van der Waals surface area contributed by atoms with Crippen molar-refractivity contribution in [1.29, 1.82) is 0 Å². The van der Waals surface area contributed by atoms with Gasteiger partial charge in [0.2, 0.25) is 0 Å². The maximum atomic E-state index is 10.9. The lowest BCUT2D eigenvalue weighted by Crippen LogP contribution is -2.21. The molecule has 0 atom stereocenters. The molecule has 1 aliphatic carbocycles. The molecular formula is C15H19N3OS. The molecule has 0 aromatic carbocycles. The molecule has 3 rings (SSSR count). The first-order valence-corrected chi connectivity index (χ1v) is 8.15. The molecule has 2 aromatic heterocycles. The Morgan fingerprint density at radius 1 is 1.15 bits per heavy atom. The van der Waals surface area contributed by atoms with E-state index in [1.54, 1.807) is 6.33 Å². The fraction of sp³-hybridized carbons (Fsp3) is 0.533. The highest BCUT2D eigenvalue weighted by atomic mass is 32.1. The molecule has 2 heterocycles. The number of thiophene rings is 1. The summed E-state index contributed by atoms with van der Waals surface area (Å²) in [5.41, 5.74) is 0. The molecular weight excluding hydrogens is 270 g/mol. The molecule has 0 saturated heterocycles. The van der Waals surface area contributed by atoms with Gasteiger partial charge in [-0.05, 0) is 18.9 Å². The van der Waals surface area contributed by atoms with Gasteiger partial charge in [-0.15, -0.1) is 11.3 Å². The molecule has 0 amide bonds. The monoisotopic (exact) mass is 289 g/mol. The Balaban J connectivity index is 1.81. The Kier molecular flexibility index (Phi) is 4.25. The van der Waals surface area contributed by atoms with E-state index in [-0.39, 0.29) is 0 Å². The maximum Gasteiger partial charge on any atom is 0.160 e. The van der Waals surface area contributed by atoms with Crippen LogP contribution in [0.1, 0.15) is 54.6 Å². The quantitative estimate of drug-likeness (QED) is 0.867. The van der Waals surface area contributed by atoms with Crippen LogP contribution in [0.25, 0.3) is 10.2 Å². The summed E-state index contributed by atoms with van der Waals surface area (Å²) in [7, 11) is 0. The minimum absolute atomic E-state index is 0.494. The predicted octanol–water partition coefficient (Wildman–Crippen LogP) is 4.03. The normalized spacial score (nSPS) is 17.6. The highest BCUT2D eigenvalue weighted by molar-refractivity contribution is 7.20. The summed E-state index contributed by atoms with van der Waals surface area (Å²) < 4.78 is 0. The summed E-state index contributed by atoms with van der Waals surface area (Å²) in [6, 6.07) is 2.38. The van der Waals surface area contributed by atoms with E-state index in [2.05, 4.69) is 15.3 Å². The number of anilines is 1. The number of nitrogens with zero attached hydrogens (tertiary/aromatic N) is 2. The largest absolute Gasteiger partial charge is 0.367 e. The van der Waals surface area contributed by atoms with Gasteiger partial charge in [-0.2, -0.15) is 0 Å². The molecule has 1 fully saturated rings. The third-order valence-corrected chi connectivity index (χ3v) is 4.88. The molecule has 0 spiro atoms. The smallest absolute Gasteiger partial charge is 0.160 e. The molecule has 0 bridgehead atoms. The van der Waals surface area contributed by atoms with Gasteiger partial charge >= 0.3 is 0 Å². The number of carbonyl (C=O) groups excluding carboxylic acids is 1. The minimum atomic E-state index is 0.494. The van der Waals surface area contributed by atoms with E-state index in [9.17, 15) is 4.79 Å². The summed E-state index contributed by atoms with van der Waals surface area (Å²) in [6.07, 6.45) is 11.5. The van der Waals surface area contributed by atoms with Crippen molar-refractivity contribution in [3.8, 4) is 0 Å². The highest BCUT2D eigenvalue weighted by Crippen LogP contribution is 2.29. The number of aldehydes is 1. The molecule has 1 aliphatic rings. The van der Waals surface area contributed by atoms with Crippen molar-refractivity contribution in [3.05, 3.63) is 17.3 Å². The van der Waals surface area contributed by atoms with E-state index >= 15 is 0 Å². The van der Waals surface area contributed by atoms with Crippen LogP contribution in [0.2, 0.25) is 0 Å². The fourth-order valence-electron chi connectivity index (χ4n) is 2.84.